The van der Waals surface area contributed by atoms with Crippen LogP contribution in [-0.4, -0.2) is 25.3 Å². The van der Waals surface area contributed by atoms with E-state index in [0.717, 1.165) is 18.6 Å². The Balaban J connectivity index is 1.96. The Morgan fingerprint density at radius 1 is 1.37 bits per heavy atom. The van der Waals surface area contributed by atoms with Crippen molar-refractivity contribution in [3.63, 3.8) is 0 Å². The normalized spacial score (nSPS) is 19.3. The van der Waals surface area contributed by atoms with Crippen molar-refractivity contribution in [2.45, 2.75) is 23.8 Å². The number of benzene rings is 1. The minimum atomic E-state index is -3.52. The second kappa shape index (κ2) is 5.94. The molecule has 0 saturated carbocycles. The zero-order chi connectivity index (χ0) is 13.9. The molecule has 2 rings (SSSR count). The van der Waals surface area contributed by atoms with Gasteiger partial charge in [-0.15, -0.1) is 11.8 Å². The molecule has 1 fully saturated rings. The molecule has 1 atom stereocenters. The van der Waals surface area contributed by atoms with E-state index in [-0.39, 0.29) is 16.9 Å². The smallest absolute Gasteiger partial charge is 0.237 e. The summed E-state index contributed by atoms with van der Waals surface area (Å²) in [5.74, 6) is 0.854. The summed E-state index contributed by atoms with van der Waals surface area (Å²) in [7, 11) is -3.52. The van der Waals surface area contributed by atoms with Crippen LogP contribution in [0.5, 0.6) is 0 Å². The van der Waals surface area contributed by atoms with Gasteiger partial charge in [0.2, 0.25) is 15.9 Å². The van der Waals surface area contributed by atoms with Gasteiger partial charge in [0.05, 0.1) is 11.0 Å². The molecule has 5 nitrogen and oxygen atoms in total. The lowest BCUT2D eigenvalue weighted by Gasteiger charge is -2.10. The summed E-state index contributed by atoms with van der Waals surface area (Å²) >= 11 is 1.67. The number of carbonyl (C=O) groups excluding carboxylic acids is 1. The SMILES string of the molecule is NS(=O)(=O)Cc1ccc(NC(=O)C2CCCS2)cc1. The van der Waals surface area contributed by atoms with Gasteiger partial charge < -0.3 is 5.32 Å². The average molecular weight is 300 g/mol. The Bertz CT molecular complexity index is 549. The molecule has 0 bridgehead atoms. The van der Waals surface area contributed by atoms with Gasteiger partial charge >= 0.3 is 0 Å². The number of rotatable bonds is 4. The summed E-state index contributed by atoms with van der Waals surface area (Å²) in [4.78, 5) is 11.9. The van der Waals surface area contributed by atoms with Crippen LogP contribution in [0.4, 0.5) is 5.69 Å². The number of nitrogens with one attached hydrogen (secondary N) is 1. The van der Waals surface area contributed by atoms with Crippen LogP contribution >= 0.6 is 11.8 Å². The Morgan fingerprint density at radius 2 is 2.05 bits per heavy atom. The molecule has 3 N–H and O–H groups in total. The zero-order valence-electron chi connectivity index (χ0n) is 10.3. The molecular formula is C12H16N2O3S2. The molecule has 1 amide bonds. The number of thioether (sulfide) groups is 1. The molecule has 0 radical (unpaired) electrons. The van der Waals surface area contributed by atoms with Crippen molar-refractivity contribution in [1.29, 1.82) is 0 Å². The quantitative estimate of drug-likeness (QED) is 0.877. The number of primary sulfonamides is 1. The molecule has 1 aliphatic heterocycles. The predicted molar refractivity (Wildman–Crippen MR) is 77.4 cm³/mol. The molecule has 1 unspecified atom stereocenters. The van der Waals surface area contributed by atoms with Crippen molar-refractivity contribution in [3.8, 4) is 0 Å². The lowest BCUT2D eigenvalue weighted by atomic mass is 10.2. The van der Waals surface area contributed by atoms with Crippen LogP contribution in [0.2, 0.25) is 0 Å². The minimum Gasteiger partial charge on any atom is -0.325 e. The number of amides is 1. The van der Waals surface area contributed by atoms with E-state index in [1.54, 1.807) is 36.0 Å². The van der Waals surface area contributed by atoms with Gasteiger partial charge in [-0.2, -0.15) is 0 Å². The van der Waals surface area contributed by atoms with E-state index in [1.165, 1.54) is 0 Å². The number of anilines is 1. The first-order valence-electron chi connectivity index (χ1n) is 5.96. The monoisotopic (exact) mass is 300 g/mol. The molecule has 0 aromatic heterocycles. The van der Waals surface area contributed by atoms with Crippen molar-refractivity contribution < 1.29 is 13.2 Å². The lowest BCUT2D eigenvalue weighted by Crippen LogP contribution is -2.22. The van der Waals surface area contributed by atoms with Crippen LogP contribution < -0.4 is 10.5 Å². The maximum atomic E-state index is 11.9. The van der Waals surface area contributed by atoms with Crippen LogP contribution in [0, 0.1) is 0 Å². The predicted octanol–water partition coefficient (Wildman–Crippen LogP) is 1.31. The molecule has 19 heavy (non-hydrogen) atoms. The number of sulfonamides is 1. The third-order valence-corrected chi connectivity index (χ3v) is 4.92. The fourth-order valence-corrected chi connectivity index (χ4v) is 3.74. The van der Waals surface area contributed by atoms with Crippen LogP contribution in [0.15, 0.2) is 24.3 Å². The molecule has 1 saturated heterocycles. The third-order valence-electron chi connectivity index (χ3n) is 2.81. The van der Waals surface area contributed by atoms with Gasteiger partial charge in [0, 0.05) is 5.69 Å². The Kier molecular flexibility index (Phi) is 4.49. The highest BCUT2D eigenvalue weighted by molar-refractivity contribution is 8.00. The fourth-order valence-electron chi connectivity index (χ4n) is 1.92. The molecule has 1 aromatic rings. The van der Waals surface area contributed by atoms with Crippen molar-refractivity contribution in [2.75, 3.05) is 11.1 Å². The van der Waals surface area contributed by atoms with Gasteiger partial charge in [-0.3, -0.25) is 4.79 Å². The molecule has 104 valence electrons. The molecule has 0 aliphatic carbocycles. The van der Waals surface area contributed by atoms with Crippen molar-refractivity contribution >= 4 is 33.4 Å². The first-order valence-corrected chi connectivity index (χ1v) is 8.72. The third kappa shape index (κ3) is 4.52. The average Bonchev–Trinajstić information content (AvgIpc) is 2.83. The molecule has 1 aromatic carbocycles. The molecular weight excluding hydrogens is 284 g/mol. The number of carbonyl (C=O) groups is 1. The fraction of sp³-hybridized carbons (Fsp3) is 0.417. The molecule has 1 heterocycles. The van der Waals surface area contributed by atoms with E-state index in [2.05, 4.69) is 5.32 Å². The largest absolute Gasteiger partial charge is 0.325 e. The Labute approximate surface area is 117 Å². The van der Waals surface area contributed by atoms with E-state index < -0.39 is 10.0 Å². The Hall–Kier alpha value is -1.05. The van der Waals surface area contributed by atoms with Crippen LogP contribution in [-0.2, 0) is 20.6 Å². The van der Waals surface area contributed by atoms with Gasteiger partial charge in [0.25, 0.3) is 0 Å². The highest BCUT2D eigenvalue weighted by atomic mass is 32.2. The van der Waals surface area contributed by atoms with Gasteiger partial charge in [-0.25, -0.2) is 13.6 Å². The number of hydrogen-bond donors (Lipinski definition) is 2. The first-order chi connectivity index (χ1) is 8.94. The van der Waals surface area contributed by atoms with Gasteiger partial charge in [-0.05, 0) is 36.3 Å². The summed E-state index contributed by atoms with van der Waals surface area (Å²) in [5.41, 5.74) is 1.28. The van der Waals surface area contributed by atoms with Gasteiger partial charge in [0.1, 0.15) is 0 Å². The van der Waals surface area contributed by atoms with Crippen LogP contribution in [0.1, 0.15) is 18.4 Å². The van der Waals surface area contributed by atoms with Gasteiger partial charge in [0.15, 0.2) is 0 Å². The van der Waals surface area contributed by atoms with Crippen LogP contribution in [0.25, 0.3) is 0 Å². The van der Waals surface area contributed by atoms with E-state index >= 15 is 0 Å². The summed E-state index contributed by atoms with van der Waals surface area (Å²) in [6, 6.07) is 6.69. The standard InChI is InChI=1S/C12H16N2O3S2/c13-19(16,17)8-9-3-5-10(6-4-9)14-12(15)11-2-1-7-18-11/h3-6,11H,1-2,7-8H2,(H,14,15)(H2,13,16,17). The van der Waals surface area contributed by atoms with Crippen molar-refractivity contribution in [2.24, 2.45) is 5.14 Å². The van der Waals surface area contributed by atoms with E-state index in [9.17, 15) is 13.2 Å². The van der Waals surface area contributed by atoms with Crippen LogP contribution in [0.3, 0.4) is 0 Å². The lowest BCUT2D eigenvalue weighted by molar-refractivity contribution is -0.115. The zero-order valence-corrected chi connectivity index (χ0v) is 12.0. The molecule has 0 spiro atoms. The maximum absolute atomic E-state index is 11.9. The number of nitrogens with two attached hydrogens (primary N) is 1. The van der Waals surface area contributed by atoms with Crippen molar-refractivity contribution in [1.82, 2.24) is 0 Å². The Morgan fingerprint density at radius 3 is 2.58 bits per heavy atom. The summed E-state index contributed by atoms with van der Waals surface area (Å²) < 4.78 is 21.9. The first kappa shape index (κ1) is 14.4. The summed E-state index contributed by atoms with van der Waals surface area (Å²) in [6.07, 6.45) is 2.00. The summed E-state index contributed by atoms with van der Waals surface area (Å²) in [5, 5.41) is 7.83. The second-order valence-electron chi connectivity index (χ2n) is 4.50. The molecule has 1 aliphatic rings. The number of hydrogen-bond acceptors (Lipinski definition) is 4. The minimum absolute atomic E-state index is 0.0155. The van der Waals surface area contributed by atoms with E-state index in [4.69, 9.17) is 5.14 Å². The molecule has 7 heteroatoms. The van der Waals surface area contributed by atoms with E-state index in [0.29, 0.717) is 11.3 Å². The summed E-state index contributed by atoms with van der Waals surface area (Å²) in [6.45, 7) is 0. The topological polar surface area (TPSA) is 89.3 Å². The van der Waals surface area contributed by atoms with Crippen molar-refractivity contribution in [3.05, 3.63) is 29.8 Å². The highest BCUT2D eigenvalue weighted by Crippen LogP contribution is 2.27. The van der Waals surface area contributed by atoms with Gasteiger partial charge in [-0.1, -0.05) is 12.1 Å². The maximum Gasteiger partial charge on any atom is 0.237 e. The highest BCUT2D eigenvalue weighted by Gasteiger charge is 2.23. The second-order valence-corrected chi connectivity index (χ2v) is 7.42. The van der Waals surface area contributed by atoms with E-state index in [1.807, 2.05) is 0 Å².